The molecule has 9 heteroatoms. The summed E-state index contributed by atoms with van der Waals surface area (Å²) < 4.78 is 38.1. The molecule has 1 aromatic carbocycles. The van der Waals surface area contributed by atoms with E-state index in [9.17, 15) is 27.6 Å². The van der Waals surface area contributed by atoms with E-state index in [0.717, 1.165) is 36.3 Å². The maximum absolute atomic E-state index is 12.8. The molecule has 4 amide bonds. The molecule has 1 aromatic rings. The van der Waals surface area contributed by atoms with Crippen molar-refractivity contribution in [2.75, 3.05) is 13.1 Å². The number of amides is 4. The van der Waals surface area contributed by atoms with Gasteiger partial charge in [0.05, 0.1) is 12.1 Å². The van der Waals surface area contributed by atoms with Crippen LogP contribution in [0.1, 0.15) is 43.7 Å². The Kier molecular flexibility index (Phi) is 6.06. The third kappa shape index (κ3) is 4.42. The molecular weight excluding hydrogens is 399 g/mol. The second-order valence-electron chi connectivity index (χ2n) is 7.60. The fourth-order valence-corrected chi connectivity index (χ4v) is 3.90. The first-order chi connectivity index (χ1) is 14.1. The SMILES string of the molecule is CC1CCCCC12NC(=O)N(CC(=O)NCC#Cc1cccc(C(F)(F)F)c1)C2=O. The summed E-state index contributed by atoms with van der Waals surface area (Å²) in [5.74, 6) is 4.16. The summed E-state index contributed by atoms with van der Waals surface area (Å²) in [4.78, 5) is 38.1. The standard InChI is InChI=1S/C21H22F3N3O3/c1-14-6-2-3-10-20(14)18(29)27(19(30)26-20)13-17(28)25-11-5-8-15-7-4-9-16(12-15)21(22,23)24/h4,7,9,12,14H,2-3,6,10-11,13H2,1H3,(H,25,28)(H,26,30). The van der Waals surface area contributed by atoms with E-state index < -0.39 is 35.8 Å². The van der Waals surface area contributed by atoms with E-state index in [1.54, 1.807) is 0 Å². The van der Waals surface area contributed by atoms with Crippen LogP contribution in [0.2, 0.25) is 0 Å². The monoisotopic (exact) mass is 421 g/mol. The summed E-state index contributed by atoms with van der Waals surface area (Å²) >= 11 is 0. The molecule has 160 valence electrons. The first-order valence-corrected chi connectivity index (χ1v) is 9.70. The predicted octanol–water partition coefficient (Wildman–Crippen LogP) is 2.67. The van der Waals surface area contributed by atoms with Crippen LogP contribution in [0.5, 0.6) is 0 Å². The summed E-state index contributed by atoms with van der Waals surface area (Å²) in [7, 11) is 0. The van der Waals surface area contributed by atoms with Crippen LogP contribution in [0.15, 0.2) is 24.3 Å². The zero-order valence-corrected chi connectivity index (χ0v) is 16.4. The molecule has 30 heavy (non-hydrogen) atoms. The lowest BCUT2D eigenvalue weighted by atomic mass is 9.73. The molecule has 2 fully saturated rings. The van der Waals surface area contributed by atoms with Gasteiger partial charge in [0.1, 0.15) is 12.1 Å². The van der Waals surface area contributed by atoms with E-state index in [-0.39, 0.29) is 23.9 Å². The Morgan fingerprint density at radius 2 is 2.10 bits per heavy atom. The van der Waals surface area contributed by atoms with Gasteiger partial charge in [-0.15, -0.1) is 0 Å². The fourth-order valence-electron chi connectivity index (χ4n) is 3.90. The minimum Gasteiger partial charge on any atom is -0.344 e. The first kappa shape index (κ1) is 21.7. The molecule has 1 heterocycles. The van der Waals surface area contributed by atoms with Gasteiger partial charge in [0.2, 0.25) is 5.91 Å². The summed E-state index contributed by atoms with van der Waals surface area (Å²) in [5, 5.41) is 5.23. The zero-order valence-electron chi connectivity index (χ0n) is 16.4. The third-order valence-corrected chi connectivity index (χ3v) is 5.60. The van der Waals surface area contributed by atoms with Crippen LogP contribution in [0.4, 0.5) is 18.0 Å². The zero-order chi connectivity index (χ0) is 21.9. The molecule has 6 nitrogen and oxygen atoms in total. The Hall–Kier alpha value is -3.02. The van der Waals surface area contributed by atoms with Gasteiger partial charge >= 0.3 is 12.2 Å². The van der Waals surface area contributed by atoms with Gasteiger partial charge in [-0.2, -0.15) is 13.2 Å². The number of benzene rings is 1. The number of alkyl halides is 3. The number of carbonyl (C=O) groups is 3. The van der Waals surface area contributed by atoms with Crippen molar-refractivity contribution in [3.63, 3.8) is 0 Å². The van der Waals surface area contributed by atoms with Crippen molar-refractivity contribution in [1.29, 1.82) is 0 Å². The molecule has 1 aliphatic carbocycles. The predicted molar refractivity (Wildman–Crippen MR) is 102 cm³/mol. The maximum atomic E-state index is 12.8. The van der Waals surface area contributed by atoms with Gasteiger partial charge in [-0.3, -0.25) is 14.5 Å². The molecule has 2 unspecified atom stereocenters. The van der Waals surface area contributed by atoms with Gasteiger partial charge in [0.25, 0.3) is 5.91 Å². The highest BCUT2D eigenvalue weighted by Crippen LogP contribution is 2.38. The molecule has 0 radical (unpaired) electrons. The van der Waals surface area contributed by atoms with Gasteiger partial charge in [-0.05, 0) is 37.0 Å². The lowest BCUT2D eigenvalue weighted by molar-refractivity contribution is -0.137. The number of hydrogen-bond donors (Lipinski definition) is 2. The van der Waals surface area contributed by atoms with Crippen LogP contribution in [0.25, 0.3) is 0 Å². The molecule has 2 N–H and O–H groups in total. The summed E-state index contributed by atoms with van der Waals surface area (Å²) in [6.07, 6.45) is -1.24. The molecule has 0 aromatic heterocycles. The van der Waals surface area contributed by atoms with Crippen LogP contribution >= 0.6 is 0 Å². The normalized spacial score (nSPS) is 23.7. The smallest absolute Gasteiger partial charge is 0.344 e. The second kappa shape index (κ2) is 8.38. The van der Waals surface area contributed by atoms with Crippen LogP contribution in [0.3, 0.4) is 0 Å². The van der Waals surface area contributed by atoms with E-state index in [1.165, 1.54) is 12.1 Å². The van der Waals surface area contributed by atoms with Crippen molar-refractivity contribution in [2.24, 2.45) is 5.92 Å². The molecule has 1 spiro atoms. The summed E-state index contributed by atoms with van der Waals surface area (Å²) in [5.41, 5.74) is -1.57. The van der Waals surface area contributed by atoms with Crippen molar-refractivity contribution in [1.82, 2.24) is 15.5 Å². The van der Waals surface area contributed by atoms with E-state index in [0.29, 0.717) is 6.42 Å². The minimum atomic E-state index is -4.46. The second-order valence-corrected chi connectivity index (χ2v) is 7.60. The van der Waals surface area contributed by atoms with Crippen LogP contribution < -0.4 is 10.6 Å². The van der Waals surface area contributed by atoms with Crippen molar-refractivity contribution in [2.45, 2.75) is 44.3 Å². The molecule has 1 aliphatic heterocycles. The van der Waals surface area contributed by atoms with E-state index in [2.05, 4.69) is 22.5 Å². The van der Waals surface area contributed by atoms with Gasteiger partial charge in [0, 0.05) is 5.56 Å². The lowest BCUT2D eigenvalue weighted by Gasteiger charge is -2.36. The van der Waals surface area contributed by atoms with Crippen molar-refractivity contribution < 1.29 is 27.6 Å². The lowest BCUT2D eigenvalue weighted by Crippen LogP contribution is -2.54. The average molecular weight is 421 g/mol. The van der Waals surface area contributed by atoms with E-state index in [1.807, 2.05) is 6.92 Å². The Morgan fingerprint density at radius 3 is 2.80 bits per heavy atom. The maximum Gasteiger partial charge on any atom is 0.416 e. The highest BCUT2D eigenvalue weighted by molar-refractivity contribution is 6.09. The third-order valence-electron chi connectivity index (χ3n) is 5.60. The average Bonchev–Trinajstić information content (AvgIpc) is 2.92. The molecule has 1 saturated heterocycles. The van der Waals surface area contributed by atoms with Crippen molar-refractivity contribution >= 4 is 17.8 Å². The molecule has 0 bridgehead atoms. The van der Waals surface area contributed by atoms with E-state index in [4.69, 9.17) is 0 Å². The van der Waals surface area contributed by atoms with Gasteiger partial charge < -0.3 is 10.6 Å². The Labute approximate surface area is 172 Å². The topological polar surface area (TPSA) is 78.5 Å². The molecule has 3 rings (SSSR count). The Bertz CT molecular complexity index is 919. The van der Waals surface area contributed by atoms with Crippen LogP contribution in [0, 0.1) is 17.8 Å². The fraction of sp³-hybridized carbons (Fsp3) is 0.476. The molecule has 2 aliphatic rings. The number of urea groups is 1. The van der Waals surface area contributed by atoms with Gasteiger partial charge in [0.15, 0.2) is 0 Å². The van der Waals surface area contributed by atoms with Crippen molar-refractivity contribution in [3.8, 4) is 11.8 Å². The Morgan fingerprint density at radius 1 is 1.33 bits per heavy atom. The quantitative estimate of drug-likeness (QED) is 0.582. The van der Waals surface area contributed by atoms with Crippen LogP contribution in [-0.4, -0.2) is 41.4 Å². The highest BCUT2D eigenvalue weighted by Gasteiger charge is 2.55. The number of nitrogens with one attached hydrogen (secondary N) is 2. The number of carbonyl (C=O) groups excluding carboxylic acids is 3. The first-order valence-electron chi connectivity index (χ1n) is 9.70. The number of rotatable bonds is 3. The van der Waals surface area contributed by atoms with Crippen LogP contribution in [-0.2, 0) is 15.8 Å². The number of imide groups is 1. The largest absolute Gasteiger partial charge is 0.416 e. The van der Waals surface area contributed by atoms with Crippen molar-refractivity contribution in [3.05, 3.63) is 35.4 Å². The Balaban J connectivity index is 1.55. The molecule has 2 atom stereocenters. The number of hydrogen-bond acceptors (Lipinski definition) is 3. The highest BCUT2D eigenvalue weighted by atomic mass is 19.4. The van der Waals surface area contributed by atoms with Gasteiger partial charge in [-0.25, -0.2) is 4.79 Å². The number of halogens is 3. The number of nitrogens with zero attached hydrogens (tertiary/aromatic N) is 1. The summed E-state index contributed by atoms with van der Waals surface area (Å²) in [6, 6.07) is 3.98. The van der Waals surface area contributed by atoms with Gasteiger partial charge in [-0.1, -0.05) is 37.7 Å². The molecule has 1 saturated carbocycles. The minimum absolute atomic E-state index is 0.00547. The van der Waals surface area contributed by atoms with E-state index >= 15 is 0 Å². The molecular formula is C21H22F3N3O3. The summed E-state index contributed by atoms with van der Waals surface area (Å²) in [6.45, 7) is 1.37.